The lowest BCUT2D eigenvalue weighted by molar-refractivity contribution is -0.153. The van der Waals surface area contributed by atoms with Crippen molar-refractivity contribution in [1.82, 2.24) is 14.7 Å². The number of piperazine rings is 1. The molecular weight excluding hydrogens is 835 g/mol. The van der Waals surface area contributed by atoms with E-state index < -0.39 is 6.16 Å². The fraction of sp³-hybridized carbons (Fsp3) is 0.966. The summed E-state index contributed by atoms with van der Waals surface area (Å²) in [6.45, 7) is 17.0. The second kappa shape index (κ2) is 43.4. The van der Waals surface area contributed by atoms with E-state index in [1.807, 2.05) is 0 Å². The molecule has 3 unspecified atom stereocenters. The summed E-state index contributed by atoms with van der Waals surface area (Å²) >= 11 is 0. The van der Waals surface area contributed by atoms with Gasteiger partial charge in [-0.25, -0.2) is 4.79 Å². The summed E-state index contributed by atoms with van der Waals surface area (Å²) in [4.78, 5) is 33.2. The Labute approximate surface area is 415 Å². The van der Waals surface area contributed by atoms with Gasteiger partial charge in [-0.15, -0.1) is 0 Å². The van der Waals surface area contributed by atoms with Crippen molar-refractivity contribution in [2.75, 3.05) is 66.0 Å². The fourth-order valence-electron chi connectivity index (χ4n) is 10.7. The molecule has 396 valence electrons. The lowest BCUT2D eigenvalue weighted by Crippen LogP contribution is -2.49. The van der Waals surface area contributed by atoms with Gasteiger partial charge in [0.1, 0.15) is 12.2 Å². The number of ether oxygens (including phenoxy) is 3. The highest BCUT2D eigenvalue weighted by Crippen LogP contribution is 2.36. The number of hydrogen-bond acceptors (Lipinski definition) is 9. The number of likely N-dealkylation sites (N-methyl/N-ethyl adjacent to an activating group) is 1. The van der Waals surface area contributed by atoms with E-state index >= 15 is 0 Å². The Morgan fingerprint density at radius 1 is 0.567 bits per heavy atom. The molecule has 3 atom stereocenters. The third kappa shape index (κ3) is 34.5. The molecular formula is C58H113N3O6. The van der Waals surface area contributed by atoms with Crippen LogP contribution in [0.5, 0.6) is 0 Å². The summed E-state index contributed by atoms with van der Waals surface area (Å²) in [6, 6.07) is 0. The predicted octanol–water partition coefficient (Wildman–Crippen LogP) is 15.1. The highest BCUT2D eigenvalue weighted by Gasteiger charge is 2.30. The van der Waals surface area contributed by atoms with Crippen LogP contribution >= 0.6 is 0 Å². The molecule has 0 aromatic heterocycles. The van der Waals surface area contributed by atoms with E-state index in [1.54, 1.807) is 0 Å². The van der Waals surface area contributed by atoms with E-state index in [9.17, 15) is 14.7 Å². The largest absolute Gasteiger partial charge is 0.508 e. The van der Waals surface area contributed by atoms with Crippen molar-refractivity contribution in [1.29, 1.82) is 0 Å². The van der Waals surface area contributed by atoms with Crippen LogP contribution in [0.1, 0.15) is 265 Å². The minimum absolute atomic E-state index is 0.0221. The second-order valence-electron chi connectivity index (χ2n) is 21.6. The summed E-state index contributed by atoms with van der Waals surface area (Å²) in [5.74, 6) is 1.45. The molecule has 0 bridgehead atoms. The average molecular weight is 949 g/mol. The van der Waals surface area contributed by atoms with Crippen molar-refractivity contribution in [3.63, 3.8) is 0 Å². The minimum atomic E-state index is -0.489. The lowest BCUT2D eigenvalue weighted by Gasteiger charge is -2.34. The van der Waals surface area contributed by atoms with Crippen LogP contribution in [-0.2, 0) is 19.0 Å². The summed E-state index contributed by atoms with van der Waals surface area (Å²) in [5, 5.41) is 11.2. The summed E-state index contributed by atoms with van der Waals surface area (Å²) < 4.78 is 17.8. The van der Waals surface area contributed by atoms with E-state index in [4.69, 9.17) is 14.2 Å². The van der Waals surface area contributed by atoms with Crippen LogP contribution in [0.2, 0.25) is 0 Å². The third-order valence-electron chi connectivity index (χ3n) is 15.3. The zero-order valence-electron chi connectivity index (χ0n) is 45.2. The number of esters is 1. The number of β-amino-alcohol motifs (C(OH)–C–C–N with tert-alkyl or cyclic N) is 1. The molecule has 2 fully saturated rings. The zero-order chi connectivity index (χ0) is 48.4. The quantitative estimate of drug-likeness (QED) is 0.0473. The number of aliphatic hydroxyl groups excluding tert-OH is 1. The van der Waals surface area contributed by atoms with E-state index in [1.165, 1.54) is 148 Å². The number of nitrogens with zero attached hydrogens (tertiary/aromatic N) is 3. The molecule has 2 rings (SSSR count). The molecule has 1 aliphatic carbocycles. The smallest absolute Gasteiger partial charge is 0.462 e. The number of rotatable bonds is 45. The van der Waals surface area contributed by atoms with Crippen molar-refractivity contribution < 1.29 is 28.9 Å². The molecule has 67 heavy (non-hydrogen) atoms. The Balaban J connectivity index is 1.76. The minimum Gasteiger partial charge on any atom is -0.462 e. The second-order valence-corrected chi connectivity index (χ2v) is 21.6. The molecule has 0 spiro atoms. The van der Waals surface area contributed by atoms with Crippen LogP contribution in [0, 0.1) is 11.8 Å². The first kappa shape index (κ1) is 61.7. The molecule has 0 aromatic carbocycles. The number of carbonyl (C=O) groups is 2. The first-order chi connectivity index (χ1) is 32.8. The van der Waals surface area contributed by atoms with Crippen molar-refractivity contribution >= 4 is 12.1 Å². The van der Waals surface area contributed by atoms with Crippen molar-refractivity contribution in [2.45, 2.75) is 284 Å². The first-order valence-corrected chi connectivity index (χ1v) is 29.6. The van der Waals surface area contributed by atoms with Crippen LogP contribution < -0.4 is 0 Å². The van der Waals surface area contributed by atoms with Gasteiger partial charge in [0.15, 0.2) is 0 Å². The summed E-state index contributed by atoms with van der Waals surface area (Å²) in [5.41, 5.74) is 0. The molecule has 1 N–H and O–H groups in total. The SMILES string of the molecule is CCCCCCCCC(CCCCCC)OC(=O)OCCCCCCN(CCCCCCC(=O)OC(CCCCCCCC)C1CCC(CCCCCC)CC1)CC(O)CN1CCN(C)CC1. The third-order valence-corrected chi connectivity index (χ3v) is 15.3. The molecule has 1 saturated heterocycles. The Morgan fingerprint density at radius 2 is 1.06 bits per heavy atom. The number of aliphatic hydroxyl groups is 1. The standard InChI is InChI=1S/C58H113N3O6/c1-6-10-14-18-20-28-36-55(35-27-17-13-9-4)66-58(64)65-49-33-25-24-32-44-60(50-54(62)51-61-47-45-59(5)46-48-61)43-31-23-22-30-38-57(63)67-56(37-29-21-19-15-11-7-2)53-41-39-52(40-42-53)34-26-16-12-8-3/h52-56,62H,6-51H2,1-5H3. The van der Waals surface area contributed by atoms with Gasteiger partial charge in [-0.1, -0.05) is 182 Å². The Kier molecular flexibility index (Phi) is 39.9. The lowest BCUT2D eigenvalue weighted by atomic mass is 9.76. The maximum absolute atomic E-state index is 13.3. The van der Waals surface area contributed by atoms with Gasteiger partial charge in [0.05, 0.1) is 12.7 Å². The van der Waals surface area contributed by atoms with Crippen LogP contribution in [0.4, 0.5) is 4.79 Å². The summed E-state index contributed by atoms with van der Waals surface area (Å²) in [6.07, 6.45) is 42.7. The Hall–Kier alpha value is -1.42. The predicted molar refractivity (Wildman–Crippen MR) is 283 cm³/mol. The van der Waals surface area contributed by atoms with Gasteiger partial charge in [-0.2, -0.15) is 0 Å². The molecule has 0 aromatic rings. The maximum atomic E-state index is 13.3. The summed E-state index contributed by atoms with van der Waals surface area (Å²) in [7, 11) is 2.18. The average Bonchev–Trinajstić information content (AvgIpc) is 3.32. The van der Waals surface area contributed by atoms with Gasteiger partial charge in [-0.3, -0.25) is 9.69 Å². The highest BCUT2D eigenvalue weighted by molar-refractivity contribution is 5.69. The van der Waals surface area contributed by atoms with E-state index in [0.29, 0.717) is 25.5 Å². The topological polar surface area (TPSA) is 91.8 Å². The van der Waals surface area contributed by atoms with Gasteiger partial charge in [-0.05, 0) is 109 Å². The van der Waals surface area contributed by atoms with Gasteiger partial charge in [0.2, 0.25) is 0 Å². The number of unbranched alkanes of at least 4 members (excludes halogenated alkanes) is 22. The maximum Gasteiger partial charge on any atom is 0.508 e. The molecule has 1 saturated carbocycles. The Morgan fingerprint density at radius 3 is 1.66 bits per heavy atom. The van der Waals surface area contributed by atoms with E-state index in [-0.39, 0.29) is 24.3 Å². The molecule has 9 heteroatoms. The van der Waals surface area contributed by atoms with Crippen molar-refractivity contribution in [3.05, 3.63) is 0 Å². The van der Waals surface area contributed by atoms with E-state index in [2.05, 4.69) is 49.4 Å². The molecule has 1 aliphatic heterocycles. The van der Waals surface area contributed by atoms with Crippen LogP contribution in [0.25, 0.3) is 0 Å². The number of carbonyl (C=O) groups excluding carboxylic acids is 2. The van der Waals surface area contributed by atoms with Gasteiger partial charge in [0.25, 0.3) is 0 Å². The zero-order valence-corrected chi connectivity index (χ0v) is 45.2. The van der Waals surface area contributed by atoms with Crippen LogP contribution in [-0.4, -0.2) is 116 Å². The highest BCUT2D eigenvalue weighted by atomic mass is 16.7. The number of hydrogen-bond donors (Lipinski definition) is 1. The monoisotopic (exact) mass is 948 g/mol. The molecule has 1 heterocycles. The molecule has 0 amide bonds. The molecule has 2 aliphatic rings. The molecule has 9 nitrogen and oxygen atoms in total. The van der Waals surface area contributed by atoms with Gasteiger partial charge < -0.3 is 29.1 Å². The van der Waals surface area contributed by atoms with Gasteiger partial charge in [0, 0.05) is 45.7 Å². The van der Waals surface area contributed by atoms with E-state index in [0.717, 1.165) is 135 Å². The van der Waals surface area contributed by atoms with Crippen molar-refractivity contribution in [2.24, 2.45) is 11.8 Å². The van der Waals surface area contributed by atoms with Gasteiger partial charge >= 0.3 is 12.1 Å². The normalized spacial score (nSPS) is 18.6. The van der Waals surface area contributed by atoms with Crippen LogP contribution in [0.3, 0.4) is 0 Å². The van der Waals surface area contributed by atoms with Crippen molar-refractivity contribution in [3.8, 4) is 0 Å². The fourth-order valence-corrected chi connectivity index (χ4v) is 10.7. The first-order valence-electron chi connectivity index (χ1n) is 29.6. The Bertz CT molecular complexity index is 1110. The van der Waals surface area contributed by atoms with Crippen LogP contribution in [0.15, 0.2) is 0 Å². The molecule has 0 radical (unpaired) electrons.